The second-order valence-electron chi connectivity index (χ2n) is 4.53. The van der Waals surface area contributed by atoms with E-state index in [9.17, 15) is 5.26 Å². The lowest BCUT2D eigenvalue weighted by atomic mass is 9.85. The normalized spacial score (nSPS) is 27.7. The molecular formula is C13H14N2O. The van der Waals surface area contributed by atoms with Gasteiger partial charge in [0.2, 0.25) is 0 Å². The monoisotopic (exact) mass is 214 g/mol. The highest BCUT2D eigenvalue weighted by Gasteiger charge is 2.41. The molecule has 3 heteroatoms. The third-order valence-electron chi connectivity index (χ3n) is 3.30. The minimum atomic E-state index is -0.532. The molecule has 1 heterocycles. The molecule has 1 unspecified atom stereocenters. The molecule has 16 heavy (non-hydrogen) atoms. The first-order valence-corrected chi connectivity index (χ1v) is 5.75. The summed E-state index contributed by atoms with van der Waals surface area (Å²) < 4.78 is 5.59. The van der Waals surface area contributed by atoms with Crippen molar-refractivity contribution in [2.75, 3.05) is 6.61 Å². The number of fused-ring (bicyclic) bond motifs is 1. The van der Waals surface area contributed by atoms with Gasteiger partial charge in [0.1, 0.15) is 11.3 Å². The Labute approximate surface area is 95.0 Å². The van der Waals surface area contributed by atoms with Crippen LogP contribution in [-0.2, 0) is 5.54 Å². The molecule has 3 rings (SSSR count). The molecule has 0 amide bonds. The molecule has 1 aromatic rings. The van der Waals surface area contributed by atoms with Crippen molar-refractivity contribution in [2.24, 2.45) is 0 Å². The predicted octanol–water partition coefficient (Wildman–Crippen LogP) is 1.94. The number of hydrogen-bond donors (Lipinski definition) is 1. The minimum Gasteiger partial charge on any atom is -0.493 e. The Hall–Kier alpha value is -1.53. The first-order valence-electron chi connectivity index (χ1n) is 5.75. The van der Waals surface area contributed by atoms with Gasteiger partial charge < -0.3 is 4.74 Å². The van der Waals surface area contributed by atoms with Gasteiger partial charge in [0.05, 0.1) is 12.7 Å². The standard InChI is InChI=1S/C13H14N2O/c14-9-13(15-10-5-6-10)7-8-16-12-4-2-1-3-11(12)13/h1-4,10,15H,5-8H2. The molecule has 82 valence electrons. The average molecular weight is 214 g/mol. The van der Waals surface area contributed by atoms with E-state index in [0.29, 0.717) is 12.6 Å². The molecule has 0 aromatic heterocycles. The first kappa shape index (κ1) is 9.68. The van der Waals surface area contributed by atoms with Crippen molar-refractivity contribution in [3.63, 3.8) is 0 Å². The van der Waals surface area contributed by atoms with Crippen molar-refractivity contribution in [1.82, 2.24) is 5.32 Å². The molecule has 0 saturated heterocycles. The third kappa shape index (κ3) is 1.46. The highest BCUT2D eigenvalue weighted by atomic mass is 16.5. The number of benzene rings is 1. The van der Waals surface area contributed by atoms with E-state index in [1.165, 1.54) is 12.8 Å². The van der Waals surface area contributed by atoms with E-state index >= 15 is 0 Å². The van der Waals surface area contributed by atoms with Crippen LogP contribution in [0.1, 0.15) is 24.8 Å². The summed E-state index contributed by atoms with van der Waals surface area (Å²) in [6.45, 7) is 0.615. The molecule has 3 nitrogen and oxygen atoms in total. The van der Waals surface area contributed by atoms with Gasteiger partial charge >= 0.3 is 0 Å². The van der Waals surface area contributed by atoms with Gasteiger partial charge in [-0.05, 0) is 18.9 Å². The van der Waals surface area contributed by atoms with Gasteiger partial charge in [-0.15, -0.1) is 0 Å². The lowest BCUT2D eigenvalue weighted by molar-refractivity contribution is 0.218. The number of nitrogens with zero attached hydrogens (tertiary/aromatic N) is 1. The van der Waals surface area contributed by atoms with Gasteiger partial charge in [0.25, 0.3) is 0 Å². The van der Waals surface area contributed by atoms with Crippen LogP contribution in [0.25, 0.3) is 0 Å². The van der Waals surface area contributed by atoms with Gasteiger partial charge in [0, 0.05) is 18.0 Å². The summed E-state index contributed by atoms with van der Waals surface area (Å²) in [6.07, 6.45) is 3.11. The number of nitriles is 1. The number of nitrogens with one attached hydrogen (secondary N) is 1. The van der Waals surface area contributed by atoms with Crippen molar-refractivity contribution in [3.8, 4) is 11.8 Å². The van der Waals surface area contributed by atoms with E-state index in [1.54, 1.807) is 0 Å². The first-order chi connectivity index (χ1) is 7.84. The van der Waals surface area contributed by atoms with E-state index < -0.39 is 5.54 Å². The van der Waals surface area contributed by atoms with Crippen molar-refractivity contribution < 1.29 is 4.74 Å². The largest absolute Gasteiger partial charge is 0.493 e. The molecule has 0 radical (unpaired) electrons. The molecule has 1 N–H and O–H groups in total. The van der Waals surface area contributed by atoms with Crippen LogP contribution in [0.2, 0.25) is 0 Å². The molecule has 1 aliphatic carbocycles. The second kappa shape index (κ2) is 3.50. The van der Waals surface area contributed by atoms with E-state index in [0.717, 1.165) is 17.7 Å². The zero-order valence-electron chi connectivity index (χ0n) is 9.07. The van der Waals surface area contributed by atoms with Crippen LogP contribution in [0.5, 0.6) is 5.75 Å². The quantitative estimate of drug-likeness (QED) is 0.818. The molecule has 1 fully saturated rings. The van der Waals surface area contributed by atoms with Crippen LogP contribution in [0.15, 0.2) is 24.3 Å². The summed E-state index contributed by atoms with van der Waals surface area (Å²) in [5, 5.41) is 13.0. The molecule has 0 spiro atoms. The van der Waals surface area contributed by atoms with Crippen LogP contribution in [0.3, 0.4) is 0 Å². The Bertz CT molecular complexity index is 447. The SMILES string of the molecule is N#CC1(NC2CC2)CCOc2ccccc21. The smallest absolute Gasteiger partial charge is 0.139 e. The van der Waals surface area contributed by atoms with Crippen molar-refractivity contribution in [1.29, 1.82) is 5.26 Å². The number of para-hydroxylation sites is 1. The summed E-state index contributed by atoms with van der Waals surface area (Å²) in [6, 6.07) is 10.8. The Morgan fingerprint density at radius 3 is 2.94 bits per heavy atom. The lowest BCUT2D eigenvalue weighted by Crippen LogP contribution is -2.46. The van der Waals surface area contributed by atoms with Crippen LogP contribution >= 0.6 is 0 Å². The lowest BCUT2D eigenvalue weighted by Gasteiger charge is -2.34. The van der Waals surface area contributed by atoms with E-state index in [-0.39, 0.29) is 0 Å². The maximum absolute atomic E-state index is 9.50. The second-order valence-corrected chi connectivity index (χ2v) is 4.53. The van der Waals surface area contributed by atoms with Crippen LogP contribution in [0.4, 0.5) is 0 Å². The predicted molar refractivity (Wildman–Crippen MR) is 60.0 cm³/mol. The molecule has 1 atom stereocenters. The van der Waals surface area contributed by atoms with Crippen LogP contribution < -0.4 is 10.1 Å². The number of ether oxygens (including phenoxy) is 1. The minimum absolute atomic E-state index is 0.519. The zero-order valence-corrected chi connectivity index (χ0v) is 9.07. The van der Waals surface area contributed by atoms with E-state index in [4.69, 9.17) is 4.74 Å². The summed E-state index contributed by atoms with van der Waals surface area (Å²) in [7, 11) is 0. The molecule has 1 aromatic carbocycles. The third-order valence-corrected chi connectivity index (χ3v) is 3.30. The highest BCUT2D eigenvalue weighted by molar-refractivity contribution is 5.45. The summed E-state index contributed by atoms with van der Waals surface area (Å²) in [5.41, 5.74) is 0.464. The van der Waals surface area contributed by atoms with Crippen molar-refractivity contribution >= 4 is 0 Å². The maximum Gasteiger partial charge on any atom is 0.139 e. The van der Waals surface area contributed by atoms with Crippen LogP contribution in [-0.4, -0.2) is 12.6 Å². The van der Waals surface area contributed by atoms with Gasteiger partial charge in [0.15, 0.2) is 0 Å². The topological polar surface area (TPSA) is 45.0 Å². The van der Waals surface area contributed by atoms with Gasteiger partial charge in [-0.25, -0.2) is 0 Å². The summed E-state index contributed by atoms with van der Waals surface area (Å²) in [5.74, 6) is 0.850. The Kier molecular flexibility index (Phi) is 2.12. The molecule has 1 aliphatic heterocycles. The van der Waals surface area contributed by atoms with Crippen molar-refractivity contribution in [3.05, 3.63) is 29.8 Å². The van der Waals surface area contributed by atoms with Crippen LogP contribution in [0, 0.1) is 11.3 Å². The molecule has 1 saturated carbocycles. The number of hydrogen-bond acceptors (Lipinski definition) is 3. The maximum atomic E-state index is 9.50. The van der Waals surface area contributed by atoms with E-state index in [1.807, 2.05) is 24.3 Å². The molecule has 2 aliphatic rings. The number of rotatable bonds is 2. The molecule has 0 bridgehead atoms. The van der Waals surface area contributed by atoms with Gasteiger partial charge in [-0.2, -0.15) is 5.26 Å². The Balaban J connectivity index is 2.03. The average Bonchev–Trinajstić information content (AvgIpc) is 3.13. The summed E-state index contributed by atoms with van der Waals surface area (Å²) >= 11 is 0. The fourth-order valence-corrected chi connectivity index (χ4v) is 2.27. The zero-order chi connectivity index (χ0) is 11.0. The summed E-state index contributed by atoms with van der Waals surface area (Å²) in [4.78, 5) is 0. The van der Waals surface area contributed by atoms with Crippen molar-refractivity contribution in [2.45, 2.75) is 30.8 Å². The molecular weight excluding hydrogens is 200 g/mol. The Morgan fingerprint density at radius 2 is 2.19 bits per heavy atom. The van der Waals surface area contributed by atoms with Gasteiger partial charge in [-0.3, -0.25) is 5.32 Å². The van der Waals surface area contributed by atoms with E-state index in [2.05, 4.69) is 11.4 Å². The fourth-order valence-electron chi connectivity index (χ4n) is 2.27. The Morgan fingerprint density at radius 1 is 1.38 bits per heavy atom. The fraction of sp³-hybridized carbons (Fsp3) is 0.462. The highest BCUT2D eigenvalue weighted by Crippen LogP contribution is 2.38. The van der Waals surface area contributed by atoms with Gasteiger partial charge in [-0.1, -0.05) is 18.2 Å².